The highest BCUT2D eigenvalue weighted by atomic mass is 32.1. The van der Waals surface area contributed by atoms with E-state index in [2.05, 4.69) is 9.59 Å². The Morgan fingerprint density at radius 2 is 1.77 bits per heavy atom. The lowest BCUT2D eigenvalue weighted by molar-refractivity contribution is 1.16. The number of nitrogens with zero attached hydrogens (tertiary/aromatic N) is 2. The Hall–Kier alpha value is -1.62. The predicted octanol–water partition coefficient (Wildman–Crippen LogP) is 1.37. The Morgan fingerprint density at radius 1 is 1.08 bits per heavy atom. The lowest BCUT2D eigenvalue weighted by atomic mass is 10.1. The summed E-state index contributed by atoms with van der Waals surface area (Å²) in [7, 11) is 0. The Bertz CT molecular complexity index is 406. The summed E-state index contributed by atoms with van der Waals surface area (Å²) in [5, 5.41) is 4.55. The highest BCUT2D eigenvalue weighted by molar-refractivity contribution is 7.10. The second kappa shape index (κ2) is 3.02. The van der Waals surface area contributed by atoms with Gasteiger partial charge in [-0.3, -0.25) is 0 Å². The molecule has 2 rings (SSSR count). The van der Waals surface area contributed by atoms with E-state index in [4.69, 9.17) is 11.5 Å². The summed E-state index contributed by atoms with van der Waals surface area (Å²) >= 11 is 1.19. The van der Waals surface area contributed by atoms with E-state index in [-0.39, 0.29) is 0 Å². The molecule has 4 N–H and O–H groups in total. The van der Waals surface area contributed by atoms with Gasteiger partial charge in [-0.1, -0.05) is 16.6 Å². The number of benzene rings is 1. The van der Waals surface area contributed by atoms with E-state index >= 15 is 0 Å². The molecule has 0 unspecified atom stereocenters. The van der Waals surface area contributed by atoms with Gasteiger partial charge in [-0.05, 0) is 12.1 Å². The molecular formula is C8H8N4S. The van der Waals surface area contributed by atoms with E-state index in [0.717, 1.165) is 16.9 Å². The number of nitrogens with two attached hydrogens (primary N) is 2. The molecule has 0 fully saturated rings. The van der Waals surface area contributed by atoms with Crippen molar-refractivity contribution in [1.29, 1.82) is 0 Å². The molecule has 0 amide bonds. The SMILES string of the molecule is Nc1ccc(-c2nnsc2N)cc1. The zero-order valence-corrected chi connectivity index (χ0v) is 7.58. The van der Waals surface area contributed by atoms with E-state index in [1.807, 2.05) is 24.3 Å². The molecule has 4 nitrogen and oxygen atoms in total. The van der Waals surface area contributed by atoms with Crippen molar-refractivity contribution in [2.24, 2.45) is 0 Å². The third-order valence-corrected chi connectivity index (χ3v) is 2.25. The molecule has 0 bridgehead atoms. The fourth-order valence-corrected chi connectivity index (χ4v) is 1.49. The second-order valence-corrected chi connectivity index (χ2v) is 3.39. The maximum atomic E-state index is 5.67. The van der Waals surface area contributed by atoms with Crippen LogP contribution in [0, 0.1) is 0 Å². The molecule has 5 heteroatoms. The zero-order valence-electron chi connectivity index (χ0n) is 6.77. The minimum atomic E-state index is 0.629. The van der Waals surface area contributed by atoms with Crippen molar-refractivity contribution in [2.75, 3.05) is 11.5 Å². The van der Waals surface area contributed by atoms with Gasteiger partial charge in [0.05, 0.1) is 0 Å². The van der Waals surface area contributed by atoms with Gasteiger partial charge >= 0.3 is 0 Å². The maximum Gasteiger partial charge on any atom is 0.135 e. The van der Waals surface area contributed by atoms with Gasteiger partial charge in [-0.25, -0.2) is 0 Å². The molecule has 0 aliphatic carbocycles. The smallest absolute Gasteiger partial charge is 0.135 e. The van der Waals surface area contributed by atoms with Crippen LogP contribution in [0.15, 0.2) is 24.3 Å². The normalized spacial score (nSPS) is 10.2. The summed E-state index contributed by atoms with van der Waals surface area (Å²) in [5.74, 6) is 0. The van der Waals surface area contributed by atoms with Crippen molar-refractivity contribution in [3.63, 3.8) is 0 Å². The molecule has 13 heavy (non-hydrogen) atoms. The first-order valence-electron chi connectivity index (χ1n) is 3.71. The quantitative estimate of drug-likeness (QED) is 0.669. The number of nitrogen functional groups attached to an aromatic ring is 2. The summed E-state index contributed by atoms with van der Waals surface area (Å²) in [5.41, 5.74) is 13.6. The number of hydrogen-bond acceptors (Lipinski definition) is 5. The van der Waals surface area contributed by atoms with Crippen LogP contribution >= 0.6 is 11.5 Å². The van der Waals surface area contributed by atoms with Gasteiger partial charge in [0.1, 0.15) is 10.7 Å². The van der Waals surface area contributed by atoms with Crippen molar-refractivity contribution >= 4 is 22.2 Å². The predicted molar refractivity (Wildman–Crippen MR) is 54.2 cm³/mol. The molecule has 1 aromatic carbocycles. The number of rotatable bonds is 1. The molecule has 2 aromatic rings. The lowest BCUT2D eigenvalue weighted by Gasteiger charge is -1.97. The highest BCUT2D eigenvalue weighted by Crippen LogP contribution is 2.25. The molecule has 0 atom stereocenters. The Morgan fingerprint density at radius 3 is 2.31 bits per heavy atom. The molecule has 0 spiro atoms. The summed E-state index contributed by atoms with van der Waals surface area (Å²) in [4.78, 5) is 0. The summed E-state index contributed by atoms with van der Waals surface area (Å²) in [6.07, 6.45) is 0. The number of hydrogen-bond donors (Lipinski definition) is 2. The van der Waals surface area contributed by atoms with E-state index in [1.54, 1.807) is 0 Å². The van der Waals surface area contributed by atoms with Crippen LogP contribution < -0.4 is 11.5 Å². The van der Waals surface area contributed by atoms with Gasteiger partial charge < -0.3 is 11.5 Å². The van der Waals surface area contributed by atoms with E-state index in [0.29, 0.717) is 5.00 Å². The molecule has 0 aliphatic heterocycles. The molecule has 1 heterocycles. The summed E-state index contributed by atoms with van der Waals surface area (Å²) in [6.45, 7) is 0. The minimum absolute atomic E-state index is 0.629. The largest absolute Gasteiger partial charge is 0.399 e. The third kappa shape index (κ3) is 1.46. The maximum absolute atomic E-state index is 5.67. The van der Waals surface area contributed by atoms with Crippen LogP contribution in [0.25, 0.3) is 11.3 Å². The van der Waals surface area contributed by atoms with Crippen molar-refractivity contribution < 1.29 is 0 Å². The van der Waals surface area contributed by atoms with Crippen molar-refractivity contribution in [3.8, 4) is 11.3 Å². The number of aromatic nitrogens is 2. The van der Waals surface area contributed by atoms with Crippen molar-refractivity contribution in [3.05, 3.63) is 24.3 Å². The van der Waals surface area contributed by atoms with Gasteiger partial charge in [-0.2, -0.15) is 0 Å². The van der Waals surface area contributed by atoms with Crippen LogP contribution in [0.2, 0.25) is 0 Å². The molecule has 1 aromatic heterocycles. The van der Waals surface area contributed by atoms with Gasteiger partial charge in [0.15, 0.2) is 0 Å². The monoisotopic (exact) mass is 192 g/mol. The standard InChI is InChI=1S/C8H8N4S/c9-6-3-1-5(2-4-6)7-8(10)13-12-11-7/h1-4H,9-10H2. The lowest BCUT2D eigenvalue weighted by Crippen LogP contribution is -1.87. The van der Waals surface area contributed by atoms with E-state index in [1.165, 1.54) is 11.5 Å². The first-order valence-corrected chi connectivity index (χ1v) is 4.48. The third-order valence-electron chi connectivity index (χ3n) is 1.70. The Labute approximate surface area is 79.4 Å². The molecule has 0 saturated carbocycles. The Kier molecular flexibility index (Phi) is 1.86. The molecule has 0 aliphatic rings. The van der Waals surface area contributed by atoms with Gasteiger partial charge in [0.25, 0.3) is 0 Å². The second-order valence-electron chi connectivity index (χ2n) is 2.61. The van der Waals surface area contributed by atoms with Crippen LogP contribution in [-0.2, 0) is 0 Å². The first-order chi connectivity index (χ1) is 6.27. The molecule has 0 saturated heterocycles. The van der Waals surface area contributed by atoms with E-state index in [9.17, 15) is 0 Å². The Balaban J connectivity index is 2.47. The van der Waals surface area contributed by atoms with Crippen molar-refractivity contribution in [2.45, 2.75) is 0 Å². The molecular weight excluding hydrogens is 184 g/mol. The van der Waals surface area contributed by atoms with Crippen LogP contribution in [0.1, 0.15) is 0 Å². The topological polar surface area (TPSA) is 77.8 Å². The summed E-state index contributed by atoms with van der Waals surface area (Å²) < 4.78 is 3.76. The fourth-order valence-electron chi connectivity index (χ4n) is 1.04. The number of anilines is 2. The van der Waals surface area contributed by atoms with E-state index < -0.39 is 0 Å². The van der Waals surface area contributed by atoms with Crippen molar-refractivity contribution in [1.82, 2.24) is 9.59 Å². The van der Waals surface area contributed by atoms with Crippen LogP contribution in [0.3, 0.4) is 0 Å². The van der Waals surface area contributed by atoms with Crippen LogP contribution in [-0.4, -0.2) is 9.59 Å². The minimum Gasteiger partial charge on any atom is -0.399 e. The van der Waals surface area contributed by atoms with Crippen LogP contribution in [0.4, 0.5) is 10.7 Å². The van der Waals surface area contributed by atoms with Gasteiger partial charge in [0.2, 0.25) is 0 Å². The highest BCUT2D eigenvalue weighted by Gasteiger charge is 2.05. The fraction of sp³-hybridized carbons (Fsp3) is 0. The molecule has 0 radical (unpaired) electrons. The van der Waals surface area contributed by atoms with Gasteiger partial charge in [-0.15, -0.1) is 5.10 Å². The summed E-state index contributed by atoms with van der Waals surface area (Å²) in [6, 6.07) is 7.38. The first kappa shape index (κ1) is 8.00. The molecule has 66 valence electrons. The average Bonchev–Trinajstić information content (AvgIpc) is 2.53. The zero-order chi connectivity index (χ0) is 9.26. The average molecular weight is 192 g/mol. The van der Waals surface area contributed by atoms with Gasteiger partial charge in [0, 0.05) is 22.8 Å². The van der Waals surface area contributed by atoms with Crippen LogP contribution in [0.5, 0.6) is 0 Å².